The van der Waals surface area contributed by atoms with Crippen LogP contribution in [-0.4, -0.2) is 33.9 Å². The van der Waals surface area contributed by atoms with Gasteiger partial charge in [0.15, 0.2) is 6.61 Å². The number of nitrogens with two attached hydrogens (primary N) is 1. The Balaban J connectivity index is 1.60. The molecule has 0 aliphatic heterocycles. The van der Waals surface area contributed by atoms with Crippen molar-refractivity contribution >= 4 is 38.9 Å². The number of carbonyl (C=O) groups is 2. The van der Waals surface area contributed by atoms with E-state index in [-0.39, 0.29) is 10.8 Å². The Hall–Kier alpha value is -3.37. The second-order valence-corrected chi connectivity index (χ2v) is 9.64. The molecule has 0 fully saturated rings. The van der Waals surface area contributed by atoms with Crippen molar-refractivity contribution in [3.63, 3.8) is 0 Å². The van der Waals surface area contributed by atoms with Gasteiger partial charge in [-0.05, 0) is 41.3 Å². The summed E-state index contributed by atoms with van der Waals surface area (Å²) in [5, 5.41) is 4.24. The van der Waals surface area contributed by atoms with Crippen molar-refractivity contribution in [3.05, 3.63) is 77.7 Å². The third-order valence-corrected chi connectivity index (χ3v) is 7.56. The van der Waals surface area contributed by atoms with E-state index in [9.17, 15) is 18.0 Å². The molecule has 3 N–H and O–H groups in total. The number of rotatable bonds is 9. The van der Waals surface area contributed by atoms with Crippen LogP contribution in [0, 0.1) is 0 Å². The van der Waals surface area contributed by atoms with Gasteiger partial charge in [0.05, 0.1) is 5.69 Å². The van der Waals surface area contributed by atoms with Gasteiger partial charge < -0.3 is 15.8 Å². The fraction of sp³-hybridized carbons (Fsp3) is 0.143. The van der Waals surface area contributed by atoms with E-state index in [0.717, 1.165) is 11.3 Å². The number of hydrogen-bond acceptors (Lipinski definition) is 6. The lowest BCUT2D eigenvalue weighted by molar-refractivity contribution is -0.128. The van der Waals surface area contributed by atoms with Crippen LogP contribution in [0.1, 0.15) is 11.6 Å². The van der Waals surface area contributed by atoms with Gasteiger partial charge in [0.2, 0.25) is 5.91 Å². The lowest BCUT2D eigenvalue weighted by atomic mass is 10.1. The average Bonchev–Trinajstić information content (AvgIpc) is 3.32. The van der Waals surface area contributed by atoms with Crippen molar-refractivity contribution < 1.29 is 22.7 Å². The molecule has 2 amide bonds. The molecule has 1 atom stereocenters. The van der Waals surface area contributed by atoms with Gasteiger partial charge in [-0.25, -0.2) is 8.42 Å². The van der Waals surface area contributed by atoms with Crippen molar-refractivity contribution in [2.75, 3.05) is 18.0 Å². The fourth-order valence-corrected chi connectivity index (χ4v) is 5.11. The van der Waals surface area contributed by atoms with Crippen LogP contribution >= 0.6 is 11.3 Å². The molecular formula is C21H21N3O5S2. The highest BCUT2D eigenvalue weighted by Crippen LogP contribution is 2.26. The van der Waals surface area contributed by atoms with Crippen LogP contribution in [0.5, 0.6) is 5.75 Å². The second kappa shape index (κ2) is 9.63. The Morgan fingerprint density at radius 3 is 2.32 bits per heavy atom. The molecule has 0 radical (unpaired) electrons. The molecule has 10 heteroatoms. The third kappa shape index (κ3) is 5.41. The predicted molar refractivity (Wildman–Crippen MR) is 118 cm³/mol. The maximum Gasteiger partial charge on any atom is 0.273 e. The van der Waals surface area contributed by atoms with Gasteiger partial charge in [-0.3, -0.25) is 13.9 Å². The van der Waals surface area contributed by atoms with Crippen molar-refractivity contribution in [1.29, 1.82) is 0 Å². The Morgan fingerprint density at radius 2 is 1.74 bits per heavy atom. The van der Waals surface area contributed by atoms with Crippen LogP contribution in [0.2, 0.25) is 0 Å². The van der Waals surface area contributed by atoms with Crippen molar-refractivity contribution in [1.82, 2.24) is 5.32 Å². The molecule has 2 aromatic carbocycles. The summed E-state index contributed by atoms with van der Waals surface area (Å²) in [6, 6.07) is 17.2. The van der Waals surface area contributed by atoms with Crippen LogP contribution in [0.3, 0.4) is 0 Å². The molecular weight excluding hydrogens is 438 g/mol. The van der Waals surface area contributed by atoms with Crippen LogP contribution < -0.4 is 20.1 Å². The highest BCUT2D eigenvalue weighted by Gasteiger charge is 2.22. The standard InChI is InChI=1S/C21H21N3O5S2/c1-24(31(27,28)19-8-5-13-30-19)16-9-11-17(12-10-16)29-14-18(25)23-20(21(22)26)15-6-3-2-4-7-15/h2-13,20H,14H2,1H3,(H2,22,26)(H,23,25). The summed E-state index contributed by atoms with van der Waals surface area (Å²) < 4.78 is 32.0. The Kier molecular flexibility index (Phi) is 6.93. The van der Waals surface area contributed by atoms with E-state index in [1.165, 1.54) is 11.4 Å². The number of nitrogens with zero attached hydrogens (tertiary/aromatic N) is 1. The zero-order chi connectivity index (χ0) is 22.4. The zero-order valence-electron chi connectivity index (χ0n) is 16.6. The van der Waals surface area contributed by atoms with Crippen LogP contribution in [0.4, 0.5) is 5.69 Å². The van der Waals surface area contributed by atoms with Crippen LogP contribution in [0.15, 0.2) is 76.3 Å². The first-order chi connectivity index (χ1) is 14.8. The predicted octanol–water partition coefficient (Wildman–Crippen LogP) is 2.29. The maximum atomic E-state index is 12.6. The van der Waals surface area contributed by atoms with Gasteiger partial charge in [0.1, 0.15) is 16.0 Å². The van der Waals surface area contributed by atoms with Gasteiger partial charge in [-0.1, -0.05) is 36.4 Å². The zero-order valence-corrected chi connectivity index (χ0v) is 18.2. The molecule has 3 aromatic rings. The number of thiophene rings is 1. The summed E-state index contributed by atoms with van der Waals surface area (Å²) in [4.78, 5) is 23.9. The molecule has 1 unspecified atom stereocenters. The molecule has 0 saturated carbocycles. The molecule has 162 valence electrons. The van der Waals surface area contributed by atoms with E-state index in [2.05, 4.69) is 5.32 Å². The van der Waals surface area contributed by atoms with Gasteiger partial charge in [-0.2, -0.15) is 0 Å². The lowest BCUT2D eigenvalue weighted by Gasteiger charge is -2.19. The molecule has 0 aliphatic carbocycles. The monoisotopic (exact) mass is 459 g/mol. The van der Waals surface area contributed by atoms with Crippen molar-refractivity contribution in [3.8, 4) is 5.75 Å². The molecule has 0 saturated heterocycles. The normalized spacial score (nSPS) is 12.0. The SMILES string of the molecule is CN(c1ccc(OCC(=O)NC(C(N)=O)c2ccccc2)cc1)S(=O)(=O)c1cccs1. The number of primary amides is 1. The number of ether oxygens (including phenoxy) is 1. The lowest BCUT2D eigenvalue weighted by Crippen LogP contribution is -2.39. The number of amides is 2. The first kappa shape index (κ1) is 22.3. The quantitative estimate of drug-likeness (QED) is 0.509. The third-order valence-electron chi connectivity index (χ3n) is 4.40. The van der Waals surface area contributed by atoms with E-state index in [0.29, 0.717) is 17.0 Å². The number of carbonyl (C=O) groups excluding carboxylic acids is 2. The van der Waals surface area contributed by atoms with E-state index in [4.69, 9.17) is 10.5 Å². The summed E-state index contributed by atoms with van der Waals surface area (Å²) >= 11 is 1.14. The topological polar surface area (TPSA) is 119 Å². The molecule has 31 heavy (non-hydrogen) atoms. The Labute approximate surface area is 184 Å². The van der Waals surface area contributed by atoms with Crippen molar-refractivity contribution in [2.24, 2.45) is 5.73 Å². The minimum absolute atomic E-state index is 0.245. The molecule has 0 bridgehead atoms. The number of sulfonamides is 1. The van der Waals surface area contributed by atoms with E-state index >= 15 is 0 Å². The minimum Gasteiger partial charge on any atom is -0.484 e. The first-order valence-electron chi connectivity index (χ1n) is 9.18. The molecule has 0 spiro atoms. The van der Waals surface area contributed by atoms with Gasteiger partial charge in [0.25, 0.3) is 15.9 Å². The van der Waals surface area contributed by atoms with E-state index in [1.807, 2.05) is 0 Å². The summed E-state index contributed by atoms with van der Waals surface area (Å²) in [6.45, 7) is -0.334. The highest BCUT2D eigenvalue weighted by atomic mass is 32.2. The molecule has 3 rings (SSSR count). The van der Waals surface area contributed by atoms with Gasteiger partial charge in [0, 0.05) is 7.05 Å². The molecule has 8 nitrogen and oxygen atoms in total. The van der Waals surface area contributed by atoms with Crippen LogP contribution in [0.25, 0.3) is 0 Å². The summed E-state index contributed by atoms with van der Waals surface area (Å²) in [5.41, 5.74) is 6.41. The largest absolute Gasteiger partial charge is 0.484 e. The smallest absolute Gasteiger partial charge is 0.273 e. The Morgan fingerprint density at radius 1 is 1.06 bits per heavy atom. The fourth-order valence-electron chi connectivity index (χ4n) is 2.75. The minimum atomic E-state index is -3.63. The van der Waals surface area contributed by atoms with Crippen molar-refractivity contribution in [2.45, 2.75) is 10.3 Å². The number of hydrogen-bond donors (Lipinski definition) is 2. The summed E-state index contributed by atoms with van der Waals surface area (Å²) in [7, 11) is -2.17. The summed E-state index contributed by atoms with van der Waals surface area (Å²) in [5.74, 6) is -0.829. The maximum absolute atomic E-state index is 12.6. The highest BCUT2D eigenvalue weighted by molar-refractivity contribution is 7.94. The van der Waals surface area contributed by atoms with Gasteiger partial charge >= 0.3 is 0 Å². The molecule has 0 aliphatic rings. The summed E-state index contributed by atoms with van der Waals surface area (Å²) in [6.07, 6.45) is 0. The van der Waals surface area contributed by atoms with E-state index in [1.54, 1.807) is 72.1 Å². The molecule has 1 heterocycles. The van der Waals surface area contributed by atoms with Crippen LogP contribution in [-0.2, 0) is 19.6 Å². The van der Waals surface area contributed by atoms with E-state index < -0.39 is 27.9 Å². The number of benzene rings is 2. The average molecular weight is 460 g/mol. The van der Waals surface area contributed by atoms with Gasteiger partial charge in [-0.15, -0.1) is 11.3 Å². The first-order valence-corrected chi connectivity index (χ1v) is 11.5. The number of nitrogens with one attached hydrogen (secondary N) is 1. The molecule has 1 aromatic heterocycles. The number of anilines is 1. The Bertz CT molecular complexity index is 1130. The second-order valence-electron chi connectivity index (χ2n) is 6.50.